The molecule has 1 aromatic carbocycles. The Hall–Kier alpha value is -1.77. The second-order valence-corrected chi connectivity index (χ2v) is 3.65. The third kappa shape index (κ3) is 2.59. The van der Waals surface area contributed by atoms with E-state index in [9.17, 15) is 0 Å². The molecule has 0 atom stereocenters. The molecule has 3 heteroatoms. The third-order valence-corrected chi connectivity index (χ3v) is 2.28. The predicted octanol–water partition coefficient (Wildman–Crippen LogP) is 2.35. The number of oxazole rings is 1. The monoisotopic (exact) mass is 202 g/mol. The van der Waals surface area contributed by atoms with Gasteiger partial charge in [-0.1, -0.05) is 29.8 Å². The molecule has 0 fully saturated rings. The Labute approximate surface area is 88.9 Å². The lowest BCUT2D eigenvalue weighted by molar-refractivity contribution is 0.509. The molecule has 0 amide bonds. The second kappa shape index (κ2) is 4.17. The molecular formula is C12H14N2O. The first kappa shape index (κ1) is 9.77. The fourth-order valence-corrected chi connectivity index (χ4v) is 1.56. The van der Waals surface area contributed by atoms with E-state index in [0.29, 0.717) is 11.8 Å². The molecule has 2 rings (SSSR count). The molecule has 2 N–H and O–H groups in total. The van der Waals surface area contributed by atoms with Crippen LogP contribution in [0.5, 0.6) is 0 Å². The van der Waals surface area contributed by atoms with Gasteiger partial charge in [-0.05, 0) is 18.9 Å². The summed E-state index contributed by atoms with van der Waals surface area (Å²) in [6.45, 7) is 2.09. The number of nitrogens with zero attached hydrogens (tertiary/aromatic N) is 1. The highest BCUT2D eigenvalue weighted by Gasteiger charge is 2.01. The molecule has 0 aliphatic heterocycles. The van der Waals surface area contributed by atoms with Crippen molar-refractivity contribution in [1.82, 2.24) is 4.98 Å². The van der Waals surface area contributed by atoms with Gasteiger partial charge in [0.2, 0.25) is 5.88 Å². The molecule has 3 nitrogen and oxygen atoms in total. The van der Waals surface area contributed by atoms with E-state index < -0.39 is 0 Å². The first-order valence-corrected chi connectivity index (χ1v) is 5.00. The molecule has 2 aromatic rings. The summed E-state index contributed by atoms with van der Waals surface area (Å²) >= 11 is 0. The molecule has 15 heavy (non-hydrogen) atoms. The van der Waals surface area contributed by atoms with E-state index in [-0.39, 0.29) is 0 Å². The average Bonchev–Trinajstić information content (AvgIpc) is 2.62. The largest absolute Gasteiger partial charge is 0.426 e. The van der Waals surface area contributed by atoms with E-state index in [1.54, 1.807) is 6.20 Å². The Bertz CT molecular complexity index is 448. The van der Waals surface area contributed by atoms with Crippen LogP contribution in [0.4, 0.5) is 5.88 Å². The molecule has 0 bridgehead atoms. The standard InChI is InChI=1S/C12H14N2O/c1-9-3-2-4-10(7-9)5-6-12-14-8-11(13)15-12/h2-4,7-8H,5-6,13H2,1H3. The third-order valence-electron chi connectivity index (χ3n) is 2.28. The van der Waals surface area contributed by atoms with Crippen LogP contribution in [0.2, 0.25) is 0 Å². The van der Waals surface area contributed by atoms with Gasteiger partial charge in [0.1, 0.15) is 0 Å². The summed E-state index contributed by atoms with van der Waals surface area (Å²) < 4.78 is 5.20. The molecule has 0 unspecified atom stereocenters. The van der Waals surface area contributed by atoms with E-state index in [4.69, 9.17) is 10.2 Å². The zero-order valence-electron chi connectivity index (χ0n) is 8.73. The number of aryl methyl sites for hydroxylation is 3. The highest BCUT2D eigenvalue weighted by molar-refractivity contribution is 5.23. The number of anilines is 1. The van der Waals surface area contributed by atoms with Gasteiger partial charge in [0.25, 0.3) is 0 Å². The fourth-order valence-electron chi connectivity index (χ4n) is 1.56. The predicted molar refractivity (Wildman–Crippen MR) is 59.5 cm³/mol. The van der Waals surface area contributed by atoms with Gasteiger partial charge in [-0.25, -0.2) is 4.98 Å². The summed E-state index contributed by atoms with van der Waals surface area (Å²) in [5.74, 6) is 1.09. The first-order valence-electron chi connectivity index (χ1n) is 5.00. The molecule has 0 saturated heterocycles. The highest BCUT2D eigenvalue weighted by atomic mass is 16.4. The summed E-state index contributed by atoms with van der Waals surface area (Å²) in [6, 6.07) is 8.44. The summed E-state index contributed by atoms with van der Waals surface area (Å²) in [4.78, 5) is 4.06. The zero-order valence-corrected chi connectivity index (χ0v) is 8.73. The summed E-state index contributed by atoms with van der Waals surface area (Å²) in [5, 5.41) is 0. The van der Waals surface area contributed by atoms with Crippen LogP contribution < -0.4 is 5.73 Å². The molecule has 1 aromatic heterocycles. The van der Waals surface area contributed by atoms with Crippen LogP contribution in [0.25, 0.3) is 0 Å². The van der Waals surface area contributed by atoms with Crippen LogP contribution in [-0.2, 0) is 12.8 Å². The molecular weight excluding hydrogens is 188 g/mol. The minimum atomic E-state index is 0.384. The minimum absolute atomic E-state index is 0.384. The summed E-state index contributed by atoms with van der Waals surface area (Å²) in [5.41, 5.74) is 8.02. The average molecular weight is 202 g/mol. The summed E-state index contributed by atoms with van der Waals surface area (Å²) in [7, 11) is 0. The van der Waals surface area contributed by atoms with E-state index in [0.717, 1.165) is 12.8 Å². The maximum atomic E-state index is 5.44. The van der Waals surface area contributed by atoms with Crippen LogP contribution in [0.15, 0.2) is 34.9 Å². The minimum Gasteiger partial charge on any atom is -0.426 e. The lowest BCUT2D eigenvalue weighted by Gasteiger charge is -1.99. The maximum absolute atomic E-state index is 5.44. The van der Waals surface area contributed by atoms with Crippen molar-refractivity contribution in [3.05, 3.63) is 47.5 Å². The zero-order chi connectivity index (χ0) is 10.7. The number of hydrogen-bond donors (Lipinski definition) is 1. The molecule has 1 heterocycles. The Morgan fingerprint density at radius 1 is 1.33 bits per heavy atom. The van der Waals surface area contributed by atoms with Crippen molar-refractivity contribution in [2.45, 2.75) is 19.8 Å². The molecule has 78 valence electrons. The SMILES string of the molecule is Cc1cccc(CCc2ncc(N)o2)c1. The fraction of sp³-hybridized carbons (Fsp3) is 0.250. The van der Waals surface area contributed by atoms with Crippen LogP contribution in [0.3, 0.4) is 0 Å². The number of aromatic nitrogens is 1. The van der Waals surface area contributed by atoms with Crippen LogP contribution in [-0.4, -0.2) is 4.98 Å². The molecule has 0 saturated carbocycles. The Balaban J connectivity index is 1.99. The van der Waals surface area contributed by atoms with Gasteiger partial charge in [-0.3, -0.25) is 0 Å². The van der Waals surface area contributed by atoms with E-state index in [1.165, 1.54) is 11.1 Å². The van der Waals surface area contributed by atoms with Gasteiger partial charge in [0, 0.05) is 6.42 Å². The summed E-state index contributed by atoms with van der Waals surface area (Å²) in [6.07, 6.45) is 3.27. The van der Waals surface area contributed by atoms with Crippen molar-refractivity contribution in [2.75, 3.05) is 5.73 Å². The van der Waals surface area contributed by atoms with Crippen LogP contribution in [0, 0.1) is 6.92 Å². The van der Waals surface area contributed by atoms with Crippen molar-refractivity contribution < 1.29 is 4.42 Å². The van der Waals surface area contributed by atoms with Crippen LogP contribution >= 0.6 is 0 Å². The van der Waals surface area contributed by atoms with Crippen molar-refractivity contribution in [1.29, 1.82) is 0 Å². The molecule has 0 spiro atoms. The van der Waals surface area contributed by atoms with Gasteiger partial charge in [-0.2, -0.15) is 0 Å². The maximum Gasteiger partial charge on any atom is 0.211 e. The smallest absolute Gasteiger partial charge is 0.211 e. The van der Waals surface area contributed by atoms with E-state index in [1.807, 2.05) is 0 Å². The van der Waals surface area contributed by atoms with Gasteiger partial charge in [0.05, 0.1) is 6.20 Å². The molecule has 0 radical (unpaired) electrons. The van der Waals surface area contributed by atoms with E-state index in [2.05, 4.69) is 36.2 Å². The van der Waals surface area contributed by atoms with Gasteiger partial charge in [-0.15, -0.1) is 0 Å². The van der Waals surface area contributed by atoms with Gasteiger partial charge >= 0.3 is 0 Å². The Morgan fingerprint density at radius 3 is 2.87 bits per heavy atom. The van der Waals surface area contributed by atoms with Gasteiger partial charge in [0.15, 0.2) is 5.89 Å². The molecule has 0 aliphatic rings. The van der Waals surface area contributed by atoms with Crippen LogP contribution in [0.1, 0.15) is 17.0 Å². The van der Waals surface area contributed by atoms with Crippen molar-refractivity contribution >= 4 is 5.88 Å². The lowest BCUT2D eigenvalue weighted by atomic mass is 10.1. The van der Waals surface area contributed by atoms with Crippen molar-refractivity contribution in [3.8, 4) is 0 Å². The highest BCUT2D eigenvalue weighted by Crippen LogP contribution is 2.10. The number of nitrogen functional groups attached to an aromatic ring is 1. The van der Waals surface area contributed by atoms with Crippen molar-refractivity contribution in [3.63, 3.8) is 0 Å². The Kier molecular flexibility index (Phi) is 2.72. The number of rotatable bonds is 3. The quantitative estimate of drug-likeness (QED) is 0.831. The number of benzene rings is 1. The topological polar surface area (TPSA) is 52.0 Å². The first-order chi connectivity index (χ1) is 7.24. The lowest BCUT2D eigenvalue weighted by Crippen LogP contribution is -1.91. The molecule has 0 aliphatic carbocycles. The second-order valence-electron chi connectivity index (χ2n) is 3.65. The normalized spacial score (nSPS) is 10.5. The van der Waals surface area contributed by atoms with Gasteiger partial charge < -0.3 is 10.2 Å². The number of hydrogen-bond acceptors (Lipinski definition) is 3. The van der Waals surface area contributed by atoms with E-state index >= 15 is 0 Å². The Morgan fingerprint density at radius 2 is 2.20 bits per heavy atom. The number of nitrogens with two attached hydrogens (primary N) is 1. The van der Waals surface area contributed by atoms with Crippen molar-refractivity contribution in [2.24, 2.45) is 0 Å².